The first-order valence-corrected chi connectivity index (χ1v) is 5.78. The molecule has 0 amide bonds. The molecular weight excluding hydrogens is 255 g/mol. The first-order chi connectivity index (χ1) is 4.63. The van der Waals surface area contributed by atoms with E-state index in [0.29, 0.717) is 0 Å². The monoisotopic (exact) mass is 268 g/mol. The van der Waals surface area contributed by atoms with E-state index in [0.717, 1.165) is 15.1 Å². The predicted octanol–water partition coefficient (Wildman–Crippen LogP) is 3.67. The van der Waals surface area contributed by atoms with Crippen LogP contribution in [0, 0.1) is 11.8 Å². The number of allylic oxidation sites excluding steroid dienone is 1. The Hall–Kier alpha value is 0.820. The molecule has 0 aromatic heterocycles. The van der Waals surface area contributed by atoms with E-state index in [-0.39, 0.29) is 0 Å². The van der Waals surface area contributed by atoms with Crippen LogP contribution in [0.2, 0.25) is 0 Å². The second kappa shape index (κ2) is 3.48. The zero-order valence-electron chi connectivity index (χ0n) is 6.60. The Morgan fingerprint density at radius 3 is 2.40 bits per heavy atom. The van der Waals surface area contributed by atoms with Gasteiger partial charge in [0.15, 0.2) is 0 Å². The lowest BCUT2D eigenvalue weighted by Crippen LogP contribution is -2.14. The van der Waals surface area contributed by atoms with Crippen molar-refractivity contribution in [2.24, 2.45) is 11.8 Å². The summed E-state index contributed by atoms with van der Waals surface area (Å²) in [5.41, 5.74) is 1.57. The largest absolute Gasteiger partial charge is 0.119 e. The van der Waals surface area contributed by atoms with Gasteiger partial charge in [0.05, 0.1) is 3.26 Å². The third kappa shape index (κ3) is 1.70. The van der Waals surface area contributed by atoms with Crippen LogP contribution < -0.4 is 0 Å². The van der Waals surface area contributed by atoms with Gasteiger partial charge in [0.2, 0.25) is 0 Å². The fraction of sp³-hybridized carbons (Fsp3) is 0.750. The van der Waals surface area contributed by atoms with Gasteiger partial charge in [0.1, 0.15) is 0 Å². The summed E-state index contributed by atoms with van der Waals surface area (Å²) < 4.78 is 0.776. The minimum Gasteiger partial charge on any atom is -0.119 e. The Bertz CT molecular complexity index is 151. The number of thioether (sulfide) groups is 1. The lowest BCUT2D eigenvalue weighted by molar-refractivity contribution is 0.486. The van der Waals surface area contributed by atoms with Crippen LogP contribution in [-0.2, 0) is 0 Å². The SMILES string of the molecule is CC1=CSC(I)C1C(C)C. The highest BCUT2D eigenvalue weighted by Crippen LogP contribution is 2.43. The molecule has 0 saturated heterocycles. The summed E-state index contributed by atoms with van der Waals surface area (Å²) >= 11 is 4.50. The minimum atomic E-state index is 0.776. The van der Waals surface area contributed by atoms with E-state index in [1.165, 1.54) is 0 Å². The second-order valence-electron chi connectivity index (χ2n) is 3.12. The van der Waals surface area contributed by atoms with Gasteiger partial charge in [-0.25, -0.2) is 0 Å². The zero-order chi connectivity index (χ0) is 7.72. The van der Waals surface area contributed by atoms with Crippen molar-refractivity contribution in [2.45, 2.75) is 24.0 Å². The third-order valence-corrected chi connectivity index (χ3v) is 4.63. The van der Waals surface area contributed by atoms with Gasteiger partial charge in [-0.1, -0.05) is 42.0 Å². The fourth-order valence-electron chi connectivity index (χ4n) is 1.37. The standard InChI is InChI=1S/C8H13IS/c1-5(2)7-6(3)4-10-8(7)9/h4-5,7-8H,1-3H3. The minimum absolute atomic E-state index is 0.776. The Kier molecular flexibility index (Phi) is 3.10. The molecule has 1 rings (SSSR count). The Labute approximate surface area is 81.0 Å². The van der Waals surface area contributed by atoms with E-state index < -0.39 is 0 Å². The molecule has 0 N–H and O–H groups in total. The topological polar surface area (TPSA) is 0 Å². The average Bonchev–Trinajstić information content (AvgIpc) is 2.11. The van der Waals surface area contributed by atoms with Crippen LogP contribution in [0.3, 0.4) is 0 Å². The van der Waals surface area contributed by atoms with Crippen LogP contribution >= 0.6 is 34.4 Å². The molecule has 0 nitrogen and oxygen atoms in total. The Balaban J connectivity index is 2.64. The first kappa shape index (κ1) is 8.91. The lowest BCUT2D eigenvalue weighted by Gasteiger charge is -2.19. The molecule has 0 aromatic rings. The molecule has 0 fully saturated rings. The maximum absolute atomic E-state index is 2.54. The molecule has 2 atom stereocenters. The number of halogens is 1. The summed E-state index contributed by atoms with van der Waals surface area (Å²) in [6, 6.07) is 0. The van der Waals surface area contributed by atoms with Gasteiger partial charge in [-0.15, -0.1) is 11.8 Å². The van der Waals surface area contributed by atoms with E-state index >= 15 is 0 Å². The third-order valence-electron chi connectivity index (χ3n) is 1.91. The molecule has 0 aliphatic carbocycles. The molecule has 0 radical (unpaired) electrons. The van der Waals surface area contributed by atoms with Gasteiger partial charge in [-0.05, 0) is 18.2 Å². The summed E-state index contributed by atoms with van der Waals surface area (Å²) in [4.78, 5) is 0. The van der Waals surface area contributed by atoms with Crippen molar-refractivity contribution in [1.29, 1.82) is 0 Å². The number of hydrogen-bond donors (Lipinski definition) is 0. The van der Waals surface area contributed by atoms with Gasteiger partial charge < -0.3 is 0 Å². The number of hydrogen-bond acceptors (Lipinski definition) is 1. The van der Waals surface area contributed by atoms with Crippen molar-refractivity contribution in [2.75, 3.05) is 0 Å². The summed E-state index contributed by atoms with van der Waals surface area (Å²) in [6.45, 7) is 6.86. The van der Waals surface area contributed by atoms with Crippen LogP contribution in [-0.4, -0.2) is 3.26 Å². The van der Waals surface area contributed by atoms with Crippen LogP contribution in [0.15, 0.2) is 11.0 Å². The summed E-state index contributed by atoms with van der Waals surface area (Å²) in [6.07, 6.45) is 0. The number of rotatable bonds is 1. The van der Waals surface area contributed by atoms with Crippen LogP contribution in [0.4, 0.5) is 0 Å². The van der Waals surface area contributed by atoms with Crippen molar-refractivity contribution in [3.8, 4) is 0 Å². The lowest BCUT2D eigenvalue weighted by atomic mass is 9.92. The molecule has 1 aliphatic rings. The molecule has 0 saturated carbocycles. The summed E-state index contributed by atoms with van der Waals surface area (Å²) in [5, 5.41) is 2.31. The van der Waals surface area contributed by atoms with Crippen molar-refractivity contribution >= 4 is 34.4 Å². The van der Waals surface area contributed by atoms with Crippen LogP contribution in [0.5, 0.6) is 0 Å². The van der Waals surface area contributed by atoms with Gasteiger partial charge in [0, 0.05) is 5.92 Å². The summed E-state index contributed by atoms with van der Waals surface area (Å²) in [5.74, 6) is 1.61. The van der Waals surface area contributed by atoms with Gasteiger partial charge >= 0.3 is 0 Å². The highest BCUT2D eigenvalue weighted by atomic mass is 127. The zero-order valence-corrected chi connectivity index (χ0v) is 9.57. The van der Waals surface area contributed by atoms with E-state index in [9.17, 15) is 0 Å². The molecule has 2 unspecified atom stereocenters. The van der Waals surface area contributed by atoms with Crippen LogP contribution in [0.1, 0.15) is 20.8 Å². The van der Waals surface area contributed by atoms with Crippen molar-refractivity contribution in [1.82, 2.24) is 0 Å². The Morgan fingerprint density at radius 1 is 1.60 bits per heavy atom. The van der Waals surface area contributed by atoms with Crippen molar-refractivity contribution in [3.05, 3.63) is 11.0 Å². The molecule has 0 bridgehead atoms. The molecule has 1 aliphatic heterocycles. The van der Waals surface area contributed by atoms with E-state index in [1.807, 2.05) is 11.8 Å². The fourth-order valence-corrected chi connectivity index (χ4v) is 4.41. The van der Waals surface area contributed by atoms with Gasteiger partial charge in [0.25, 0.3) is 0 Å². The quantitative estimate of drug-likeness (QED) is 0.516. The average molecular weight is 268 g/mol. The molecular formula is C8H13IS. The molecule has 58 valence electrons. The molecule has 0 aromatic carbocycles. The van der Waals surface area contributed by atoms with Gasteiger partial charge in [-0.2, -0.15) is 0 Å². The second-order valence-corrected chi connectivity index (χ2v) is 6.32. The predicted molar refractivity (Wildman–Crippen MR) is 57.5 cm³/mol. The van der Waals surface area contributed by atoms with E-state index in [2.05, 4.69) is 48.8 Å². The smallest absolute Gasteiger partial charge is 0.0673 e. The van der Waals surface area contributed by atoms with E-state index in [4.69, 9.17) is 0 Å². The molecule has 1 heterocycles. The highest BCUT2D eigenvalue weighted by molar-refractivity contribution is 14.1. The van der Waals surface area contributed by atoms with Gasteiger partial charge in [-0.3, -0.25) is 0 Å². The molecule has 0 spiro atoms. The highest BCUT2D eigenvalue weighted by Gasteiger charge is 2.27. The summed E-state index contributed by atoms with van der Waals surface area (Å²) in [7, 11) is 0. The van der Waals surface area contributed by atoms with Crippen molar-refractivity contribution in [3.63, 3.8) is 0 Å². The van der Waals surface area contributed by atoms with Crippen molar-refractivity contribution < 1.29 is 0 Å². The maximum atomic E-state index is 2.54. The van der Waals surface area contributed by atoms with Crippen LogP contribution in [0.25, 0.3) is 0 Å². The first-order valence-electron chi connectivity index (χ1n) is 3.59. The molecule has 10 heavy (non-hydrogen) atoms. The maximum Gasteiger partial charge on any atom is 0.0673 e. The van der Waals surface area contributed by atoms with E-state index in [1.54, 1.807) is 5.57 Å². The normalized spacial score (nSPS) is 33.1. The number of alkyl halides is 1. The molecule has 2 heteroatoms. The Morgan fingerprint density at radius 2 is 2.20 bits per heavy atom.